The van der Waals surface area contributed by atoms with Crippen molar-refractivity contribution in [1.82, 2.24) is 0 Å². The Labute approximate surface area is 158 Å². The summed E-state index contributed by atoms with van der Waals surface area (Å²) in [5, 5.41) is 14.6. The van der Waals surface area contributed by atoms with Crippen LogP contribution in [0, 0.1) is 5.92 Å². The third-order valence-corrected chi connectivity index (χ3v) is 4.26. The van der Waals surface area contributed by atoms with E-state index in [2.05, 4.69) is 17.6 Å². The zero-order chi connectivity index (χ0) is 19.8. The van der Waals surface area contributed by atoms with Crippen molar-refractivity contribution in [3.8, 4) is 0 Å². The van der Waals surface area contributed by atoms with E-state index in [4.69, 9.17) is 0 Å². The monoisotopic (exact) mass is 368 g/mol. The molecule has 0 aliphatic rings. The molecule has 0 heterocycles. The molecule has 0 aliphatic heterocycles. The molecule has 2 rings (SSSR count). The van der Waals surface area contributed by atoms with Gasteiger partial charge < -0.3 is 15.7 Å². The summed E-state index contributed by atoms with van der Waals surface area (Å²) in [7, 11) is 0. The quantitative estimate of drug-likeness (QED) is 0.643. The van der Waals surface area contributed by atoms with Gasteiger partial charge in [0.1, 0.15) is 0 Å². The van der Waals surface area contributed by atoms with Crippen LogP contribution in [0.25, 0.3) is 0 Å². The second-order valence-electron chi connectivity index (χ2n) is 6.41. The maximum absolute atomic E-state index is 12.4. The number of carbonyl (C=O) groups is 3. The highest BCUT2D eigenvalue weighted by Crippen LogP contribution is 2.18. The number of carbonyl (C=O) groups excluding carboxylic acids is 2. The fourth-order valence-electron chi connectivity index (χ4n) is 2.58. The Morgan fingerprint density at radius 3 is 2.30 bits per heavy atom. The van der Waals surface area contributed by atoms with Gasteiger partial charge in [-0.3, -0.25) is 9.59 Å². The smallest absolute Gasteiger partial charge is 0.337 e. The molecule has 1 atom stereocenters. The van der Waals surface area contributed by atoms with E-state index in [-0.39, 0.29) is 23.1 Å². The largest absolute Gasteiger partial charge is 0.478 e. The predicted molar refractivity (Wildman–Crippen MR) is 105 cm³/mol. The third kappa shape index (κ3) is 5.67. The summed E-state index contributed by atoms with van der Waals surface area (Å²) < 4.78 is 0. The highest BCUT2D eigenvalue weighted by molar-refractivity contribution is 6.08. The summed E-state index contributed by atoms with van der Waals surface area (Å²) in [4.78, 5) is 35.7. The Balaban J connectivity index is 2.02. The average Bonchev–Trinajstić information content (AvgIpc) is 2.66. The summed E-state index contributed by atoms with van der Waals surface area (Å²) >= 11 is 0. The van der Waals surface area contributed by atoms with E-state index >= 15 is 0 Å². The van der Waals surface area contributed by atoms with Gasteiger partial charge in [-0.05, 0) is 42.8 Å². The number of hydrogen-bond acceptors (Lipinski definition) is 3. The van der Waals surface area contributed by atoms with Gasteiger partial charge in [-0.1, -0.05) is 38.8 Å². The molecular formula is C21H24N2O4. The van der Waals surface area contributed by atoms with Gasteiger partial charge in [0, 0.05) is 17.2 Å². The van der Waals surface area contributed by atoms with Crippen LogP contribution >= 0.6 is 0 Å². The summed E-state index contributed by atoms with van der Waals surface area (Å²) in [6.07, 6.45) is 2.89. The lowest BCUT2D eigenvalue weighted by molar-refractivity contribution is -0.119. The molecule has 0 saturated heterocycles. The van der Waals surface area contributed by atoms with Gasteiger partial charge in [-0.15, -0.1) is 0 Å². The van der Waals surface area contributed by atoms with Gasteiger partial charge in [0.05, 0.1) is 11.3 Å². The topological polar surface area (TPSA) is 95.5 Å². The van der Waals surface area contributed by atoms with Gasteiger partial charge in [-0.25, -0.2) is 4.79 Å². The molecule has 2 aromatic rings. The molecule has 0 bridgehead atoms. The lowest BCUT2D eigenvalue weighted by atomic mass is 10.0. The summed E-state index contributed by atoms with van der Waals surface area (Å²) in [5.41, 5.74) is 1.24. The standard InChI is InChI=1S/C21H24N2O4/c1-3-4-7-14(2)19(24)22-16-12-10-15(11-13-16)20(25)23-18-9-6-5-8-17(18)21(26)27/h5-6,8-14H,3-4,7H2,1-2H3,(H,22,24)(H,23,25)(H,26,27). The Hall–Kier alpha value is -3.15. The van der Waals surface area contributed by atoms with Crippen LogP contribution in [-0.4, -0.2) is 22.9 Å². The van der Waals surface area contributed by atoms with E-state index in [0.29, 0.717) is 11.3 Å². The first-order chi connectivity index (χ1) is 12.9. The fraction of sp³-hybridized carbons (Fsp3) is 0.286. The molecule has 0 spiro atoms. The minimum absolute atomic E-state index is 0.0239. The van der Waals surface area contributed by atoms with Crippen LogP contribution in [0.5, 0.6) is 0 Å². The summed E-state index contributed by atoms with van der Waals surface area (Å²) in [6.45, 7) is 3.98. The second-order valence-corrected chi connectivity index (χ2v) is 6.41. The van der Waals surface area contributed by atoms with Crippen molar-refractivity contribution in [2.24, 2.45) is 5.92 Å². The molecule has 0 radical (unpaired) electrons. The zero-order valence-electron chi connectivity index (χ0n) is 15.5. The predicted octanol–water partition coefficient (Wildman–Crippen LogP) is 4.40. The number of carboxylic acids is 1. The maximum Gasteiger partial charge on any atom is 0.337 e. The molecule has 0 saturated carbocycles. The van der Waals surface area contributed by atoms with E-state index in [9.17, 15) is 19.5 Å². The Morgan fingerprint density at radius 2 is 1.67 bits per heavy atom. The maximum atomic E-state index is 12.4. The summed E-state index contributed by atoms with van der Waals surface area (Å²) in [6, 6.07) is 12.7. The van der Waals surface area contributed by atoms with Crippen LogP contribution in [0.1, 0.15) is 53.8 Å². The molecule has 0 fully saturated rings. The number of aromatic carboxylic acids is 1. The van der Waals surface area contributed by atoms with Crippen molar-refractivity contribution in [2.45, 2.75) is 33.1 Å². The molecule has 0 aromatic heterocycles. The van der Waals surface area contributed by atoms with Crippen molar-refractivity contribution in [1.29, 1.82) is 0 Å². The molecule has 0 aliphatic carbocycles. The SMILES string of the molecule is CCCCC(C)C(=O)Nc1ccc(C(=O)Nc2ccccc2C(=O)O)cc1. The third-order valence-electron chi connectivity index (χ3n) is 4.26. The van der Waals surface area contributed by atoms with Crippen LogP contribution in [0.4, 0.5) is 11.4 Å². The minimum Gasteiger partial charge on any atom is -0.478 e. The van der Waals surface area contributed by atoms with Gasteiger partial charge in [0.25, 0.3) is 5.91 Å². The van der Waals surface area contributed by atoms with E-state index in [1.54, 1.807) is 36.4 Å². The van der Waals surface area contributed by atoms with Crippen LogP contribution in [0.3, 0.4) is 0 Å². The normalized spacial score (nSPS) is 11.5. The van der Waals surface area contributed by atoms with Crippen molar-refractivity contribution in [3.63, 3.8) is 0 Å². The molecule has 2 aromatic carbocycles. The lowest BCUT2D eigenvalue weighted by Gasteiger charge is -2.12. The first-order valence-electron chi connectivity index (χ1n) is 8.97. The van der Waals surface area contributed by atoms with Gasteiger partial charge in [-0.2, -0.15) is 0 Å². The van der Waals surface area contributed by atoms with Gasteiger partial charge in [0.15, 0.2) is 0 Å². The Bertz CT molecular complexity index is 815. The van der Waals surface area contributed by atoms with Crippen LogP contribution < -0.4 is 10.6 Å². The number of hydrogen-bond donors (Lipinski definition) is 3. The number of para-hydroxylation sites is 1. The number of anilines is 2. The molecular weight excluding hydrogens is 344 g/mol. The van der Waals surface area contributed by atoms with E-state index in [1.165, 1.54) is 12.1 Å². The first-order valence-corrected chi connectivity index (χ1v) is 8.97. The Morgan fingerprint density at radius 1 is 1.00 bits per heavy atom. The number of carboxylic acid groups (broad SMARTS) is 1. The van der Waals surface area contributed by atoms with E-state index in [1.807, 2.05) is 6.92 Å². The number of nitrogens with one attached hydrogen (secondary N) is 2. The van der Waals surface area contributed by atoms with Crippen molar-refractivity contribution >= 4 is 29.2 Å². The minimum atomic E-state index is -1.11. The number of unbranched alkanes of at least 4 members (excludes halogenated alkanes) is 1. The lowest BCUT2D eigenvalue weighted by Crippen LogP contribution is -2.20. The molecule has 6 heteroatoms. The summed E-state index contributed by atoms with van der Waals surface area (Å²) in [5.74, 6) is -1.64. The highest BCUT2D eigenvalue weighted by atomic mass is 16.4. The average molecular weight is 368 g/mol. The molecule has 1 unspecified atom stereocenters. The molecule has 6 nitrogen and oxygen atoms in total. The number of rotatable bonds is 8. The van der Waals surface area contributed by atoms with Gasteiger partial charge >= 0.3 is 5.97 Å². The van der Waals surface area contributed by atoms with Crippen molar-refractivity contribution in [3.05, 3.63) is 59.7 Å². The van der Waals surface area contributed by atoms with Crippen LogP contribution in [-0.2, 0) is 4.79 Å². The van der Waals surface area contributed by atoms with Crippen LogP contribution in [0.15, 0.2) is 48.5 Å². The van der Waals surface area contributed by atoms with E-state index in [0.717, 1.165) is 19.3 Å². The van der Waals surface area contributed by atoms with Crippen molar-refractivity contribution in [2.75, 3.05) is 10.6 Å². The van der Waals surface area contributed by atoms with Crippen LogP contribution in [0.2, 0.25) is 0 Å². The first kappa shape index (κ1) is 20.2. The van der Waals surface area contributed by atoms with E-state index < -0.39 is 11.9 Å². The number of amides is 2. The highest BCUT2D eigenvalue weighted by Gasteiger charge is 2.14. The number of benzene rings is 2. The van der Waals surface area contributed by atoms with Crippen molar-refractivity contribution < 1.29 is 19.5 Å². The molecule has 27 heavy (non-hydrogen) atoms. The van der Waals surface area contributed by atoms with Gasteiger partial charge in [0.2, 0.25) is 5.91 Å². The second kappa shape index (κ2) is 9.52. The molecule has 142 valence electrons. The zero-order valence-corrected chi connectivity index (χ0v) is 15.5. The fourth-order valence-corrected chi connectivity index (χ4v) is 2.58. The molecule has 2 amide bonds. The molecule has 3 N–H and O–H groups in total. The Kier molecular flexibility index (Phi) is 7.11.